The van der Waals surface area contributed by atoms with Crippen LogP contribution in [0.2, 0.25) is 0 Å². The molecular formula is C12H8N2O3S. The zero-order valence-electron chi connectivity index (χ0n) is 9.16. The van der Waals surface area contributed by atoms with E-state index in [4.69, 9.17) is 14.8 Å². The number of rotatable bonds is 4. The highest BCUT2D eigenvalue weighted by Crippen LogP contribution is 2.25. The van der Waals surface area contributed by atoms with Crippen molar-refractivity contribution in [1.29, 1.82) is 5.26 Å². The lowest BCUT2D eigenvalue weighted by Gasteiger charge is -2.00. The molecule has 6 heteroatoms. The van der Waals surface area contributed by atoms with Gasteiger partial charge in [0.1, 0.15) is 11.8 Å². The Hall–Kier alpha value is -2.26. The third kappa shape index (κ3) is 2.70. The molecule has 0 aliphatic carbocycles. The molecule has 0 bridgehead atoms. The molecule has 0 saturated heterocycles. The number of hydrogen-bond acceptors (Lipinski definition) is 5. The van der Waals surface area contributed by atoms with Gasteiger partial charge in [-0.2, -0.15) is 5.26 Å². The molecular weight excluding hydrogens is 252 g/mol. The Morgan fingerprint density at radius 3 is 3.00 bits per heavy atom. The Kier molecular flexibility index (Phi) is 3.65. The first-order valence-electron chi connectivity index (χ1n) is 5.00. The molecule has 0 aliphatic rings. The van der Waals surface area contributed by atoms with Gasteiger partial charge in [-0.05, 0) is 23.8 Å². The standard InChI is InChI=1S/C12H8N2O3S/c13-6-9-8(2-1-5-14-9)7-18-11-4-3-10(17-11)12(15)16/h1-5H,7H2,(H,15,16). The van der Waals surface area contributed by atoms with Gasteiger partial charge in [-0.25, -0.2) is 9.78 Å². The maximum Gasteiger partial charge on any atom is 0.371 e. The quantitative estimate of drug-likeness (QED) is 0.850. The molecule has 90 valence electrons. The summed E-state index contributed by atoms with van der Waals surface area (Å²) in [5, 5.41) is 18.1. The van der Waals surface area contributed by atoms with E-state index in [0.717, 1.165) is 5.56 Å². The van der Waals surface area contributed by atoms with Crippen molar-refractivity contribution in [1.82, 2.24) is 4.98 Å². The minimum absolute atomic E-state index is 0.0933. The van der Waals surface area contributed by atoms with E-state index in [2.05, 4.69) is 4.98 Å². The summed E-state index contributed by atoms with van der Waals surface area (Å²) in [7, 11) is 0. The number of aromatic nitrogens is 1. The van der Waals surface area contributed by atoms with Gasteiger partial charge in [0.2, 0.25) is 5.76 Å². The third-order valence-corrected chi connectivity index (χ3v) is 3.12. The Labute approximate surface area is 107 Å². The molecule has 0 unspecified atom stereocenters. The topological polar surface area (TPSA) is 87.1 Å². The highest BCUT2D eigenvalue weighted by atomic mass is 32.2. The molecule has 18 heavy (non-hydrogen) atoms. The second-order valence-corrected chi connectivity index (χ2v) is 4.32. The van der Waals surface area contributed by atoms with Gasteiger partial charge in [-0.3, -0.25) is 0 Å². The van der Waals surface area contributed by atoms with Crippen LogP contribution in [0.25, 0.3) is 0 Å². The van der Waals surface area contributed by atoms with Crippen molar-refractivity contribution in [3.05, 3.63) is 47.5 Å². The van der Waals surface area contributed by atoms with Crippen molar-refractivity contribution >= 4 is 17.7 Å². The van der Waals surface area contributed by atoms with Crippen LogP contribution in [0.1, 0.15) is 21.8 Å². The molecule has 0 spiro atoms. The van der Waals surface area contributed by atoms with Crippen molar-refractivity contribution in [3.63, 3.8) is 0 Å². The van der Waals surface area contributed by atoms with E-state index in [9.17, 15) is 4.79 Å². The zero-order chi connectivity index (χ0) is 13.0. The lowest BCUT2D eigenvalue weighted by atomic mass is 10.2. The maximum absolute atomic E-state index is 10.6. The van der Waals surface area contributed by atoms with Crippen LogP contribution in [0.5, 0.6) is 0 Å². The second kappa shape index (κ2) is 5.38. The number of furan rings is 1. The zero-order valence-corrected chi connectivity index (χ0v) is 9.98. The van der Waals surface area contributed by atoms with Gasteiger partial charge in [0.05, 0.1) is 0 Å². The molecule has 0 fully saturated rings. The largest absolute Gasteiger partial charge is 0.475 e. The SMILES string of the molecule is N#Cc1ncccc1CSc1ccc(C(=O)O)o1. The molecule has 0 atom stereocenters. The van der Waals surface area contributed by atoms with Crippen LogP contribution in [0.4, 0.5) is 0 Å². The normalized spacial score (nSPS) is 9.94. The molecule has 0 aromatic carbocycles. The van der Waals surface area contributed by atoms with E-state index < -0.39 is 5.97 Å². The molecule has 2 aromatic heterocycles. The molecule has 0 aliphatic heterocycles. The number of aromatic carboxylic acids is 1. The summed E-state index contributed by atoms with van der Waals surface area (Å²) in [5.74, 6) is -0.686. The molecule has 1 N–H and O–H groups in total. The summed E-state index contributed by atoms with van der Waals surface area (Å²) in [6, 6.07) is 8.56. The highest BCUT2D eigenvalue weighted by Gasteiger charge is 2.10. The lowest BCUT2D eigenvalue weighted by molar-refractivity contribution is 0.0656. The van der Waals surface area contributed by atoms with E-state index in [0.29, 0.717) is 16.5 Å². The van der Waals surface area contributed by atoms with Gasteiger partial charge in [0, 0.05) is 11.9 Å². The van der Waals surface area contributed by atoms with E-state index in [-0.39, 0.29) is 5.76 Å². The minimum atomic E-state index is -1.10. The van der Waals surface area contributed by atoms with E-state index >= 15 is 0 Å². The Bertz CT molecular complexity index is 616. The number of carboxylic acids is 1. The van der Waals surface area contributed by atoms with E-state index in [1.54, 1.807) is 24.4 Å². The van der Waals surface area contributed by atoms with Crippen LogP contribution in [0.15, 0.2) is 40.0 Å². The smallest absolute Gasteiger partial charge is 0.371 e. The first-order valence-corrected chi connectivity index (χ1v) is 5.99. The number of nitriles is 1. The summed E-state index contributed by atoms with van der Waals surface area (Å²) >= 11 is 1.32. The number of carbonyl (C=O) groups is 1. The predicted octanol–water partition coefficient (Wildman–Crippen LogP) is 2.54. The summed E-state index contributed by atoms with van der Waals surface area (Å²) in [6.07, 6.45) is 1.56. The average molecular weight is 260 g/mol. The minimum Gasteiger partial charge on any atom is -0.475 e. The lowest BCUT2D eigenvalue weighted by Crippen LogP contribution is -1.91. The van der Waals surface area contributed by atoms with Crippen molar-refractivity contribution < 1.29 is 14.3 Å². The first kappa shape index (κ1) is 12.2. The van der Waals surface area contributed by atoms with E-state index in [1.165, 1.54) is 17.8 Å². The molecule has 0 radical (unpaired) electrons. The van der Waals surface area contributed by atoms with Crippen LogP contribution in [0.3, 0.4) is 0 Å². The fourth-order valence-electron chi connectivity index (χ4n) is 1.32. The van der Waals surface area contributed by atoms with Crippen molar-refractivity contribution in [2.24, 2.45) is 0 Å². The van der Waals surface area contributed by atoms with Gasteiger partial charge in [-0.1, -0.05) is 17.8 Å². The molecule has 0 amide bonds. The Balaban J connectivity index is 2.07. The highest BCUT2D eigenvalue weighted by molar-refractivity contribution is 7.98. The Morgan fingerprint density at radius 2 is 2.33 bits per heavy atom. The van der Waals surface area contributed by atoms with Gasteiger partial charge >= 0.3 is 5.97 Å². The third-order valence-electron chi connectivity index (χ3n) is 2.16. The number of hydrogen-bond donors (Lipinski definition) is 1. The summed E-state index contributed by atoms with van der Waals surface area (Å²) in [5.41, 5.74) is 1.16. The summed E-state index contributed by atoms with van der Waals surface area (Å²) < 4.78 is 5.10. The number of nitrogens with zero attached hydrogens (tertiary/aromatic N) is 2. The van der Waals surface area contributed by atoms with Crippen LogP contribution >= 0.6 is 11.8 Å². The van der Waals surface area contributed by atoms with Crippen LogP contribution in [-0.2, 0) is 5.75 Å². The second-order valence-electron chi connectivity index (χ2n) is 3.34. The molecule has 0 saturated carbocycles. The van der Waals surface area contributed by atoms with Crippen molar-refractivity contribution in [2.75, 3.05) is 0 Å². The fraction of sp³-hybridized carbons (Fsp3) is 0.0833. The first-order chi connectivity index (χ1) is 8.70. The number of thioether (sulfide) groups is 1. The van der Waals surface area contributed by atoms with Crippen molar-refractivity contribution in [2.45, 2.75) is 10.8 Å². The van der Waals surface area contributed by atoms with Gasteiger partial charge < -0.3 is 9.52 Å². The molecule has 2 aromatic rings. The van der Waals surface area contributed by atoms with Crippen molar-refractivity contribution in [3.8, 4) is 6.07 Å². The Morgan fingerprint density at radius 1 is 1.50 bits per heavy atom. The molecule has 2 rings (SSSR count). The maximum atomic E-state index is 10.6. The molecule has 5 nitrogen and oxygen atoms in total. The van der Waals surface area contributed by atoms with Crippen LogP contribution in [0, 0.1) is 11.3 Å². The van der Waals surface area contributed by atoms with Crippen LogP contribution < -0.4 is 0 Å². The predicted molar refractivity (Wildman–Crippen MR) is 64.2 cm³/mol. The molecule has 2 heterocycles. The van der Waals surface area contributed by atoms with Gasteiger partial charge in [0.25, 0.3) is 0 Å². The van der Waals surface area contributed by atoms with Crippen LogP contribution in [-0.4, -0.2) is 16.1 Å². The van der Waals surface area contributed by atoms with E-state index in [1.807, 2.05) is 6.07 Å². The average Bonchev–Trinajstić information content (AvgIpc) is 2.85. The number of carboxylic acid groups (broad SMARTS) is 1. The van der Waals surface area contributed by atoms with Gasteiger partial charge in [0.15, 0.2) is 5.09 Å². The summed E-state index contributed by atoms with van der Waals surface area (Å²) in [6.45, 7) is 0. The fourth-order valence-corrected chi connectivity index (χ4v) is 2.16. The number of pyridine rings is 1. The van der Waals surface area contributed by atoms with Gasteiger partial charge in [-0.15, -0.1) is 0 Å². The monoisotopic (exact) mass is 260 g/mol. The summed E-state index contributed by atoms with van der Waals surface area (Å²) in [4.78, 5) is 14.6.